The lowest BCUT2D eigenvalue weighted by Gasteiger charge is -2.31. The van der Waals surface area contributed by atoms with Crippen molar-refractivity contribution in [2.75, 3.05) is 6.61 Å². The lowest BCUT2D eigenvalue weighted by atomic mass is 9.90. The van der Waals surface area contributed by atoms with Gasteiger partial charge in [0.05, 0.1) is 17.5 Å². The molecule has 8 heteroatoms. The van der Waals surface area contributed by atoms with Gasteiger partial charge in [-0.2, -0.15) is 0 Å². The summed E-state index contributed by atoms with van der Waals surface area (Å²) in [6.45, 7) is 7.64. The van der Waals surface area contributed by atoms with Crippen LogP contribution in [0.3, 0.4) is 0 Å². The van der Waals surface area contributed by atoms with Crippen LogP contribution in [0.5, 0.6) is 0 Å². The molecule has 0 heterocycles. The number of ether oxygens (including phenoxy) is 1. The topological polar surface area (TPSA) is 116 Å². The Morgan fingerprint density at radius 2 is 1.58 bits per heavy atom. The summed E-state index contributed by atoms with van der Waals surface area (Å²) in [5.74, 6) is -0.404. The van der Waals surface area contributed by atoms with Gasteiger partial charge in [0, 0.05) is 6.92 Å². The summed E-state index contributed by atoms with van der Waals surface area (Å²) in [6, 6.07) is 0. The molecule has 19 heavy (non-hydrogen) atoms. The van der Waals surface area contributed by atoms with Crippen molar-refractivity contribution in [1.29, 1.82) is 0 Å². The normalized spacial score (nSPS) is 11.6. The second-order valence-corrected chi connectivity index (χ2v) is 4.75. The van der Waals surface area contributed by atoms with Gasteiger partial charge in [-0.25, -0.2) is 0 Å². The summed E-state index contributed by atoms with van der Waals surface area (Å²) in [5, 5.41) is 34.5. The number of hydrogen-bond acceptors (Lipinski definition) is 7. The molecule has 0 aromatic carbocycles. The van der Waals surface area contributed by atoms with Crippen molar-refractivity contribution in [1.82, 2.24) is 0 Å². The van der Waals surface area contributed by atoms with Gasteiger partial charge in [0.25, 0.3) is 0 Å². The molecular weight excluding hydrogens is 255 g/mol. The van der Waals surface area contributed by atoms with Crippen LogP contribution in [-0.4, -0.2) is 51.4 Å². The summed E-state index contributed by atoms with van der Waals surface area (Å²) in [4.78, 5) is 10.1. The van der Waals surface area contributed by atoms with E-state index in [2.05, 4.69) is 9.39 Å². The fourth-order valence-corrected chi connectivity index (χ4v) is 0.331. The van der Waals surface area contributed by atoms with Gasteiger partial charge in [0.1, 0.15) is 6.61 Å². The molecule has 0 aliphatic heterocycles. The number of aliphatic hydroxyl groups is 2. The summed E-state index contributed by atoms with van der Waals surface area (Å²) in [6.07, 6.45) is 2.37. The molecule has 0 unspecified atom stereocenters. The number of carbonyl (C=O) groups is 1. The third kappa shape index (κ3) is 14.9. The first-order chi connectivity index (χ1) is 8.38. The van der Waals surface area contributed by atoms with E-state index in [-0.39, 0.29) is 6.61 Å². The predicted octanol–water partition coefficient (Wildman–Crippen LogP) is -0.423. The van der Waals surface area contributed by atoms with Crippen LogP contribution in [-0.2, 0) is 14.2 Å². The third-order valence-corrected chi connectivity index (χ3v) is 2.18. The van der Waals surface area contributed by atoms with E-state index in [1.54, 1.807) is 27.7 Å². The van der Waals surface area contributed by atoms with Crippen LogP contribution in [0.15, 0.2) is 12.3 Å². The molecule has 0 spiro atoms. The lowest BCUT2D eigenvalue weighted by molar-refractivity contribution is -0.139. The quantitative estimate of drug-likeness (QED) is 0.306. The molecule has 4 N–H and O–H groups in total. The molecule has 0 fully saturated rings. The molecule has 0 aliphatic carbocycles. The highest BCUT2D eigenvalue weighted by Crippen LogP contribution is 2.19. The SMILES string of the molecule is CC(=O)OC/C=C/OB(O)O.CC(C)(O)C(C)(C)O. The maximum Gasteiger partial charge on any atom is 0.707 e. The highest BCUT2D eigenvalue weighted by Gasteiger charge is 2.31. The molecule has 0 radical (unpaired) electrons. The summed E-state index contributed by atoms with van der Waals surface area (Å²) >= 11 is 0. The van der Waals surface area contributed by atoms with Crippen LogP contribution in [0, 0.1) is 0 Å². The van der Waals surface area contributed by atoms with Crippen LogP contribution >= 0.6 is 0 Å². The van der Waals surface area contributed by atoms with E-state index >= 15 is 0 Å². The maximum atomic E-state index is 10.1. The first-order valence-corrected chi connectivity index (χ1v) is 5.62. The highest BCUT2D eigenvalue weighted by atomic mass is 16.6. The number of hydrogen-bond donors (Lipinski definition) is 4. The zero-order chi connectivity index (χ0) is 15.7. The van der Waals surface area contributed by atoms with Crippen molar-refractivity contribution in [2.24, 2.45) is 0 Å². The summed E-state index contributed by atoms with van der Waals surface area (Å²) in [7, 11) is -1.83. The van der Waals surface area contributed by atoms with Gasteiger partial charge in [-0.1, -0.05) is 0 Å². The predicted molar refractivity (Wildman–Crippen MR) is 69.6 cm³/mol. The number of esters is 1. The third-order valence-electron chi connectivity index (χ3n) is 2.18. The second kappa shape index (κ2) is 8.92. The van der Waals surface area contributed by atoms with Crippen molar-refractivity contribution < 1.29 is 34.4 Å². The van der Waals surface area contributed by atoms with Crippen molar-refractivity contribution in [3.63, 3.8) is 0 Å². The minimum Gasteiger partial charge on any atom is -0.519 e. The Bertz CT molecular complexity index is 264. The molecule has 0 aromatic rings. The van der Waals surface area contributed by atoms with Gasteiger partial charge >= 0.3 is 13.3 Å². The van der Waals surface area contributed by atoms with Crippen molar-refractivity contribution >= 4 is 13.3 Å². The van der Waals surface area contributed by atoms with Gasteiger partial charge in [0.15, 0.2) is 0 Å². The summed E-state index contributed by atoms with van der Waals surface area (Å²) < 4.78 is 8.62. The molecule has 0 saturated heterocycles. The smallest absolute Gasteiger partial charge is 0.519 e. The highest BCUT2D eigenvalue weighted by molar-refractivity contribution is 6.32. The maximum absolute atomic E-state index is 10.1. The van der Waals surface area contributed by atoms with E-state index < -0.39 is 24.5 Å². The standard InChI is InChI=1S/C6H14O2.C5H9BO5/c1-5(2,7)6(3,4)8;1-5(7)10-3-2-4-11-6(8)9/h7-8H,1-4H3;2,4,8-9H,3H2,1H3/b;4-2+. The Labute approximate surface area is 113 Å². The van der Waals surface area contributed by atoms with E-state index in [0.29, 0.717) is 0 Å². The molecule has 0 rings (SSSR count). The fourth-order valence-electron chi connectivity index (χ4n) is 0.331. The van der Waals surface area contributed by atoms with Crippen LogP contribution in [0.4, 0.5) is 0 Å². The van der Waals surface area contributed by atoms with E-state index in [4.69, 9.17) is 20.3 Å². The molecule has 0 aromatic heterocycles. The molecule has 0 saturated carbocycles. The largest absolute Gasteiger partial charge is 0.707 e. The minimum atomic E-state index is -1.83. The fraction of sp³-hybridized carbons (Fsp3) is 0.727. The molecule has 0 bridgehead atoms. The van der Waals surface area contributed by atoms with Gasteiger partial charge in [0.2, 0.25) is 0 Å². The zero-order valence-corrected chi connectivity index (χ0v) is 12.0. The molecule has 0 amide bonds. The summed E-state index contributed by atoms with van der Waals surface area (Å²) in [5.41, 5.74) is -2.01. The van der Waals surface area contributed by atoms with Gasteiger partial charge in [-0.3, -0.25) is 4.79 Å². The average molecular weight is 278 g/mol. The number of rotatable bonds is 5. The average Bonchev–Trinajstić information content (AvgIpc) is 2.13. The molecule has 112 valence electrons. The van der Waals surface area contributed by atoms with Crippen LogP contribution < -0.4 is 0 Å². The Balaban J connectivity index is 0. The van der Waals surface area contributed by atoms with Crippen molar-refractivity contribution in [3.05, 3.63) is 12.3 Å². The molecular formula is C11H23BO7. The Morgan fingerprint density at radius 1 is 1.16 bits per heavy atom. The van der Waals surface area contributed by atoms with E-state index in [9.17, 15) is 4.79 Å². The van der Waals surface area contributed by atoms with Gasteiger partial charge < -0.3 is 29.7 Å². The van der Waals surface area contributed by atoms with Gasteiger partial charge in [-0.05, 0) is 33.8 Å². The minimum absolute atomic E-state index is 0.0576. The molecule has 0 aliphatic rings. The van der Waals surface area contributed by atoms with E-state index in [1.165, 1.54) is 13.0 Å². The Hall–Kier alpha value is -1.09. The Morgan fingerprint density at radius 3 is 1.84 bits per heavy atom. The first-order valence-electron chi connectivity index (χ1n) is 5.62. The monoisotopic (exact) mass is 278 g/mol. The van der Waals surface area contributed by atoms with E-state index in [1.807, 2.05) is 0 Å². The zero-order valence-electron chi connectivity index (χ0n) is 12.0. The van der Waals surface area contributed by atoms with Crippen molar-refractivity contribution in [3.8, 4) is 0 Å². The van der Waals surface area contributed by atoms with Gasteiger partial charge in [-0.15, -0.1) is 0 Å². The first kappa shape index (κ1) is 20.2. The van der Waals surface area contributed by atoms with Crippen LogP contribution in [0.25, 0.3) is 0 Å². The van der Waals surface area contributed by atoms with Crippen LogP contribution in [0.1, 0.15) is 34.6 Å². The Kier molecular flexibility index (Phi) is 9.50. The second-order valence-electron chi connectivity index (χ2n) is 4.75. The van der Waals surface area contributed by atoms with E-state index in [0.717, 1.165) is 6.26 Å². The van der Waals surface area contributed by atoms with Crippen LogP contribution in [0.2, 0.25) is 0 Å². The number of carbonyl (C=O) groups excluding carboxylic acids is 1. The molecule has 7 nitrogen and oxygen atoms in total. The van der Waals surface area contributed by atoms with Crippen molar-refractivity contribution in [2.45, 2.75) is 45.8 Å². The molecule has 0 atom stereocenters. The lowest BCUT2D eigenvalue weighted by Crippen LogP contribution is -2.44.